The number of nitrogens with zero attached hydrogens (tertiary/aromatic N) is 3. The molecule has 0 aliphatic heterocycles. The predicted molar refractivity (Wildman–Crippen MR) is 143 cm³/mol. The quantitative estimate of drug-likeness (QED) is 0.313. The Labute approximate surface area is 214 Å². The first-order valence-electron chi connectivity index (χ1n) is 12.5. The summed E-state index contributed by atoms with van der Waals surface area (Å²) in [5.74, 6) is 0.360. The van der Waals surface area contributed by atoms with E-state index in [4.69, 9.17) is 20.7 Å². The summed E-state index contributed by atoms with van der Waals surface area (Å²) in [6.45, 7) is 0. The van der Waals surface area contributed by atoms with Crippen molar-refractivity contribution >= 4 is 33.4 Å². The summed E-state index contributed by atoms with van der Waals surface area (Å²) >= 11 is 1.66. The number of amides is 1. The van der Waals surface area contributed by atoms with Gasteiger partial charge in [0.05, 0.1) is 32.7 Å². The average molecular weight is 502 g/mol. The molecule has 0 atom stereocenters. The number of anilines is 1. The number of nitrogens with one attached hydrogen (secondary N) is 1. The van der Waals surface area contributed by atoms with Crippen molar-refractivity contribution in [2.45, 2.75) is 63.5 Å². The van der Waals surface area contributed by atoms with E-state index in [1.807, 2.05) is 30.3 Å². The lowest BCUT2D eigenvalue weighted by Crippen LogP contribution is -2.29. The van der Waals surface area contributed by atoms with Gasteiger partial charge in [0, 0.05) is 25.3 Å². The molecule has 1 fully saturated rings. The molecule has 0 radical (unpaired) electrons. The van der Waals surface area contributed by atoms with E-state index in [0.29, 0.717) is 25.2 Å². The number of carbonyl (C=O) groups is 1. The summed E-state index contributed by atoms with van der Waals surface area (Å²) in [6, 6.07) is 18.8. The number of hydrogen-bond acceptors (Lipinski definition) is 7. The van der Waals surface area contributed by atoms with E-state index in [9.17, 15) is 9.90 Å². The van der Waals surface area contributed by atoms with E-state index in [1.165, 1.54) is 5.56 Å². The number of aromatic nitrogens is 3. The van der Waals surface area contributed by atoms with Gasteiger partial charge in [-0.2, -0.15) is 0 Å². The fraction of sp³-hybridized carbons (Fsp3) is 0.357. The highest BCUT2D eigenvalue weighted by Crippen LogP contribution is 2.26. The fourth-order valence-electron chi connectivity index (χ4n) is 4.68. The lowest BCUT2D eigenvalue weighted by atomic mass is 9.93. The molecule has 2 aromatic heterocycles. The summed E-state index contributed by atoms with van der Waals surface area (Å²) in [5, 5.41) is 14.4. The van der Waals surface area contributed by atoms with Gasteiger partial charge < -0.3 is 16.2 Å². The van der Waals surface area contributed by atoms with Crippen LogP contribution in [0.1, 0.15) is 59.6 Å². The van der Waals surface area contributed by atoms with Gasteiger partial charge in [0.15, 0.2) is 0 Å². The lowest BCUT2D eigenvalue weighted by Gasteiger charge is -2.26. The van der Waals surface area contributed by atoms with Crippen LogP contribution in [0.3, 0.4) is 0 Å². The fourth-order valence-corrected chi connectivity index (χ4v) is 5.72. The van der Waals surface area contributed by atoms with Gasteiger partial charge >= 0.3 is 0 Å². The van der Waals surface area contributed by atoms with Gasteiger partial charge in [0.2, 0.25) is 11.9 Å². The van der Waals surface area contributed by atoms with Crippen LogP contribution in [0.2, 0.25) is 0 Å². The molecule has 1 amide bonds. The second-order valence-electron chi connectivity index (χ2n) is 9.54. The number of aryl methyl sites for hydroxylation is 1. The van der Waals surface area contributed by atoms with Crippen molar-refractivity contribution in [1.82, 2.24) is 15.0 Å². The molecule has 7 nitrogen and oxygen atoms in total. The zero-order valence-corrected chi connectivity index (χ0v) is 21.0. The molecule has 36 heavy (non-hydrogen) atoms. The van der Waals surface area contributed by atoms with Crippen LogP contribution in [-0.2, 0) is 24.1 Å². The Balaban J connectivity index is 1.38. The van der Waals surface area contributed by atoms with Crippen LogP contribution >= 0.6 is 11.3 Å². The first-order valence-corrected chi connectivity index (χ1v) is 13.3. The number of nitrogens with two attached hydrogens (primary N) is 1. The molecule has 0 saturated heterocycles. The van der Waals surface area contributed by atoms with Crippen LogP contribution in [0.15, 0.2) is 54.6 Å². The molecular weight excluding hydrogens is 470 g/mol. The van der Waals surface area contributed by atoms with E-state index in [1.54, 1.807) is 11.3 Å². The SMILES string of the molecule is NC(=O)CCc1ccc2nc(Cc3cc(Cc4ccccc4)nc(NC4CCC(O)CC4)n3)sc2c1. The van der Waals surface area contributed by atoms with Crippen molar-refractivity contribution in [3.05, 3.63) is 82.1 Å². The molecule has 2 heterocycles. The Morgan fingerprint density at radius 3 is 2.44 bits per heavy atom. The molecule has 4 N–H and O–H groups in total. The number of thiazole rings is 1. The third-order valence-corrected chi connectivity index (χ3v) is 7.60. The molecule has 4 aromatic rings. The highest BCUT2D eigenvalue weighted by Gasteiger charge is 2.20. The number of carbonyl (C=O) groups excluding carboxylic acids is 1. The van der Waals surface area contributed by atoms with Gasteiger partial charge in [-0.25, -0.2) is 15.0 Å². The van der Waals surface area contributed by atoms with E-state index in [-0.39, 0.29) is 18.1 Å². The maximum atomic E-state index is 11.1. The van der Waals surface area contributed by atoms with Crippen LogP contribution in [0.25, 0.3) is 10.2 Å². The molecule has 0 spiro atoms. The number of rotatable bonds is 9. The molecule has 8 heteroatoms. The van der Waals surface area contributed by atoms with Gasteiger partial charge in [-0.3, -0.25) is 4.79 Å². The van der Waals surface area contributed by atoms with Crippen LogP contribution in [0.5, 0.6) is 0 Å². The molecule has 5 rings (SSSR count). The average Bonchev–Trinajstić information content (AvgIpc) is 3.26. The zero-order valence-electron chi connectivity index (χ0n) is 20.2. The van der Waals surface area contributed by atoms with E-state index in [0.717, 1.165) is 64.3 Å². The first kappa shape index (κ1) is 24.3. The maximum absolute atomic E-state index is 11.1. The summed E-state index contributed by atoms with van der Waals surface area (Å²) in [5.41, 5.74) is 10.5. The minimum Gasteiger partial charge on any atom is -0.393 e. The first-order chi connectivity index (χ1) is 17.5. The summed E-state index contributed by atoms with van der Waals surface area (Å²) < 4.78 is 1.10. The molecule has 0 unspecified atom stereocenters. The van der Waals surface area contributed by atoms with Crippen molar-refractivity contribution in [1.29, 1.82) is 0 Å². The van der Waals surface area contributed by atoms with Crippen LogP contribution in [0.4, 0.5) is 5.95 Å². The number of benzene rings is 2. The van der Waals surface area contributed by atoms with Gasteiger partial charge in [0.1, 0.15) is 0 Å². The second kappa shape index (κ2) is 11.1. The zero-order chi connectivity index (χ0) is 24.9. The number of hydrogen-bond donors (Lipinski definition) is 3. The molecule has 2 aromatic carbocycles. The van der Waals surface area contributed by atoms with Crippen molar-refractivity contribution in [2.24, 2.45) is 5.73 Å². The molecular formula is C28H31N5O2S. The smallest absolute Gasteiger partial charge is 0.223 e. The molecule has 1 saturated carbocycles. The predicted octanol–water partition coefficient (Wildman–Crippen LogP) is 4.40. The van der Waals surface area contributed by atoms with Crippen molar-refractivity contribution in [3.8, 4) is 0 Å². The Kier molecular flexibility index (Phi) is 7.53. The molecule has 1 aliphatic rings. The van der Waals surface area contributed by atoms with Gasteiger partial charge in [-0.05, 0) is 61.4 Å². The monoisotopic (exact) mass is 501 g/mol. The maximum Gasteiger partial charge on any atom is 0.223 e. The minimum atomic E-state index is -0.288. The Morgan fingerprint density at radius 2 is 1.69 bits per heavy atom. The van der Waals surface area contributed by atoms with Gasteiger partial charge in [-0.1, -0.05) is 36.4 Å². The second-order valence-corrected chi connectivity index (χ2v) is 10.7. The summed E-state index contributed by atoms with van der Waals surface area (Å²) in [6.07, 6.45) is 5.59. The van der Waals surface area contributed by atoms with E-state index in [2.05, 4.69) is 29.6 Å². The minimum absolute atomic E-state index is 0.195. The van der Waals surface area contributed by atoms with Crippen molar-refractivity contribution < 1.29 is 9.90 Å². The van der Waals surface area contributed by atoms with Gasteiger partial charge in [0.25, 0.3) is 0 Å². The van der Waals surface area contributed by atoms with E-state index < -0.39 is 0 Å². The Bertz CT molecular complexity index is 1330. The van der Waals surface area contributed by atoms with Crippen LogP contribution in [-0.4, -0.2) is 38.1 Å². The summed E-state index contributed by atoms with van der Waals surface area (Å²) in [4.78, 5) is 25.7. The number of aliphatic hydroxyl groups is 1. The third-order valence-electron chi connectivity index (χ3n) is 6.58. The highest BCUT2D eigenvalue weighted by atomic mass is 32.1. The normalized spacial score (nSPS) is 17.8. The summed E-state index contributed by atoms with van der Waals surface area (Å²) in [7, 11) is 0. The molecule has 186 valence electrons. The number of primary amides is 1. The third kappa shape index (κ3) is 6.44. The van der Waals surface area contributed by atoms with Crippen molar-refractivity contribution in [3.63, 3.8) is 0 Å². The van der Waals surface area contributed by atoms with Gasteiger partial charge in [-0.15, -0.1) is 11.3 Å². The topological polar surface area (TPSA) is 114 Å². The highest BCUT2D eigenvalue weighted by molar-refractivity contribution is 7.18. The number of aliphatic hydroxyl groups excluding tert-OH is 1. The lowest BCUT2D eigenvalue weighted by molar-refractivity contribution is -0.117. The van der Waals surface area contributed by atoms with Crippen LogP contribution in [0, 0.1) is 0 Å². The van der Waals surface area contributed by atoms with Crippen LogP contribution < -0.4 is 11.1 Å². The Morgan fingerprint density at radius 1 is 0.944 bits per heavy atom. The Hall–Kier alpha value is -3.36. The molecule has 0 bridgehead atoms. The van der Waals surface area contributed by atoms with E-state index >= 15 is 0 Å². The van der Waals surface area contributed by atoms with Crippen molar-refractivity contribution in [2.75, 3.05) is 5.32 Å². The molecule has 1 aliphatic carbocycles. The largest absolute Gasteiger partial charge is 0.393 e. The standard InChI is InChI=1S/C28H31N5O2S/c29-26(35)13-7-19-6-12-24-25(15-19)36-27(33-24)17-22-16-21(14-18-4-2-1-3-5-18)31-28(32-22)30-20-8-10-23(34)11-9-20/h1-6,12,15-16,20,23,34H,7-11,13-14,17H2,(H2,29,35)(H,30,31,32). The number of fused-ring (bicyclic) bond motifs is 1.